The van der Waals surface area contributed by atoms with Crippen LogP contribution in [0.2, 0.25) is 0 Å². The first-order chi connectivity index (χ1) is 6.20. The highest BCUT2D eigenvalue weighted by atomic mass is 16.1. The first-order valence-electron chi connectivity index (χ1n) is 5.19. The van der Waals surface area contributed by atoms with E-state index in [1.165, 1.54) is 0 Å². The highest BCUT2D eigenvalue weighted by Crippen LogP contribution is 2.28. The van der Waals surface area contributed by atoms with Crippen LogP contribution in [0.4, 0.5) is 0 Å². The maximum absolute atomic E-state index is 11.0. The van der Waals surface area contributed by atoms with Crippen LogP contribution in [0.3, 0.4) is 0 Å². The third-order valence-corrected chi connectivity index (χ3v) is 2.05. The van der Waals surface area contributed by atoms with Gasteiger partial charge >= 0.3 is 0 Å². The molecule has 0 N–H and O–H groups in total. The Bertz CT molecular complexity index is 195. The number of rotatable bonds is 5. The molecule has 0 heterocycles. The fourth-order valence-corrected chi connectivity index (χ4v) is 1.90. The van der Waals surface area contributed by atoms with E-state index in [2.05, 4.69) is 20.8 Å². The van der Waals surface area contributed by atoms with Crippen LogP contribution < -0.4 is 0 Å². The normalized spacial score (nSPS) is 11.9. The molecular formula is C12H22O2. The summed E-state index contributed by atoms with van der Waals surface area (Å²) >= 11 is 0. The van der Waals surface area contributed by atoms with E-state index in [4.69, 9.17) is 0 Å². The van der Waals surface area contributed by atoms with Crippen LogP contribution in [-0.4, -0.2) is 11.6 Å². The summed E-state index contributed by atoms with van der Waals surface area (Å²) in [5, 5.41) is 0. The van der Waals surface area contributed by atoms with E-state index < -0.39 is 0 Å². The minimum atomic E-state index is 0.181. The molecule has 0 aromatic rings. The van der Waals surface area contributed by atoms with Gasteiger partial charge in [-0.05, 0) is 31.6 Å². The van der Waals surface area contributed by atoms with Gasteiger partial charge in [-0.3, -0.25) is 0 Å². The monoisotopic (exact) mass is 198 g/mol. The Kier molecular flexibility index (Phi) is 5.03. The van der Waals surface area contributed by atoms with Gasteiger partial charge in [-0.25, -0.2) is 0 Å². The topological polar surface area (TPSA) is 34.1 Å². The predicted molar refractivity (Wildman–Crippen MR) is 58.2 cm³/mol. The van der Waals surface area contributed by atoms with Crippen molar-refractivity contribution in [3.8, 4) is 0 Å². The molecule has 2 heteroatoms. The average Bonchev–Trinajstić information content (AvgIpc) is 1.77. The minimum Gasteiger partial charge on any atom is -0.300 e. The molecule has 2 nitrogen and oxygen atoms in total. The smallest absolute Gasteiger partial charge is 0.130 e. The molecule has 0 saturated heterocycles. The van der Waals surface area contributed by atoms with Gasteiger partial charge in [0.15, 0.2) is 0 Å². The molecule has 0 atom stereocenters. The minimum absolute atomic E-state index is 0.181. The lowest BCUT2D eigenvalue weighted by atomic mass is 9.80. The van der Waals surface area contributed by atoms with E-state index in [1.807, 2.05) is 0 Å². The Balaban J connectivity index is 4.24. The Morgan fingerprint density at radius 2 is 1.36 bits per heavy atom. The predicted octanol–water partition coefficient (Wildman–Crippen LogP) is 3.00. The highest BCUT2D eigenvalue weighted by Gasteiger charge is 2.21. The molecule has 0 aromatic heterocycles. The summed E-state index contributed by atoms with van der Waals surface area (Å²) in [5.74, 6) is 0.589. The number of hydrogen-bond donors (Lipinski definition) is 0. The van der Waals surface area contributed by atoms with E-state index in [-0.39, 0.29) is 22.9 Å². The Labute approximate surface area is 87.1 Å². The molecule has 0 radical (unpaired) electrons. The largest absolute Gasteiger partial charge is 0.300 e. The zero-order valence-corrected chi connectivity index (χ0v) is 10.0. The fraction of sp³-hybridized carbons (Fsp3) is 0.833. The summed E-state index contributed by atoms with van der Waals surface area (Å²) in [6.07, 6.45) is 2.01. The molecule has 0 aliphatic carbocycles. The second-order valence-corrected chi connectivity index (χ2v) is 5.44. The van der Waals surface area contributed by atoms with Gasteiger partial charge in [-0.15, -0.1) is 0 Å². The number of Topliss-reactive ketones (excluding diaryl/α,β-unsaturated/α-hetero) is 2. The number of carbonyl (C=O) groups excluding carboxylic acids is 2. The number of hydrogen-bond acceptors (Lipinski definition) is 2. The molecule has 14 heavy (non-hydrogen) atoms. The summed E-state index contributed by atoms with van der Waals surface area (Å²) in [7, 11) is 0. The molecule has 0 fully saturated rings. The molecule has 82 valence electrons. The summed E-state index contributed by atoms with van der Waals surface area (Å²) < 4.78 is 0. The van der Waals surface area contributed by atoms with Gasteiger partial charge < -0.3 is 9.59 Å². The second kappa shape index (κ2) is 5.28. The SMILES string of the molecule is CC(=O)CC(CC(C)=O)CC(C)(C)C. The molecule has 0 aromatic carbocycles. The van der Waals surface area contributed by atoms with Gasteiger partial charge in [0.05, 0.1) is 0 Å². The Morgan fingerprint density at radius 3 is 1.57 bits per heavy atom. The number of carbonyl (C=O) groups is 2. The standard InChI is InChI=1S/C12H22O2/c1-9(13)6-11(7-10(2)14)8-12(3,4)5/h11H,6-8H2,1-5H3. The summed E-state index contributed by atoms with van der Waals surface area (Å²) in [6, 6.07) is 0. The van der Waals surface area contributed by atoms with Crippen molar-refractivity contribution in [2.75, 3.05) is 0 Å². The zero-order valence-electron chi connectivity index (χ0n) is 10.0. The fourth-order valence-electron chi connectivity index (χ4n) is 1.90. The van der Waals surface area contributed by atoms with Crippen LogP contribution in [-0.2, 0) is 9.59 Å². The van der Waals surface area contributed by atoms with Crippen molar-refractivity contribution in [3.63, 3.8) is 0 Å². The van der Waals surface area contributed by atoms with E-state index >= 15 is 0 Å². The van der Waals surface area contributed by atoms with Crippen molar-refractivity contribution in [1.29, 1.82) is 0 Å². The molecule has 0 aliphatic heterocycles. The number of ketones is 2. The Hall–Kier alpha value is -0.660. The highest BCUT2D eigenvalue weighted by molar-refractivity contribution is 5.79. The summed E-state index contributed by atoms with van der Waals surface area (Å²) in [6.45, 7) is 9.60. The molecule has 0 aliphatic rings. The Morgan fingerprint density at radius 1 is 1.00 bits per heavy atom. The van der Waals surface area contributed by atoms with Crippen LogP contribution in [0, 0.1) is 11.3 Å². The van der Waals surface area contributed by atoms with Crippen LogP contribution in [0.25, 0.3) is 0 Å². The molecule has 0 rings (SSSR count). The lowest BCUT2D eigenvalue weighted by Crippen LogP contribution is -2.17. The third-order valence-electron chi connectivity index (χ3n) is 2.05. The average molecular weight is 198 g/mol. The molecule has 0 spiro atoms. The van der Waals surface area contributed by atoms with E-state index in [1.54, 1.807) is 13.8 Å². The van der Waals surface area contributed by atoms with Gasteiger partial charge in [-0.2, -0.15) is 0 Å². The first-order valence-corrected chi connectivity index (χ1v) is 5.19. The van der Waals surface area contributed by atoms with Crippen molar-refractivity contribution in [2.24, 2.45) is 11.3 Å². The lowest BCUT2D eigenvalue weighted by molar-refractivity contribution is -0.120. The van der Waals surface area contributed by atoms with Crippen molar-refractivity contribution in [1.82, 2.24) is 0 Å². The third kappa shape index (κ3) is 7.96. The molecule has 0 saturated carbocycles. The van der Waals surface area contributed by atoms with Gasteiger partial charge in [-0.1, -0.05) is 20.8 Å². The van der Waals surface area contributed by atoms with Gasteiger partial charge in [0.25, 0.3) is 0 Å². The van der Waals surface area contributed by atoms with Gasteiger partial charge in [0, 0.05) is 12.8 Å². The van der Waals surface area contributed by atoms with Crippen LogP contribution in [0.15, 0.2) is 0 Å². The van der Waals surface area contributed by atoms with E-state index in [0.717, 1.165) is 6.42 Å². The maximum atomic E-state index is 11.0. The van der Waals surface area contributed by atoms with E-state index in [9.17, 15) is 9.59 Å². The van der Waals surface area contributed by atoms with Crippen molar-refractivity contribution >= 4 is 11.6 Å². The molecule has 0 unspecified atom stereocenters. The van der Waals surface area contributed by atoms with Crippen LogP contribution >= 0.6 is 0 Å². The van der Waals surface area contributed by atoms with Crippen molar-refractivity contribution < 1.29 is 9.59 Å². The zero-order chi connectivity index (χ0) is 11.4. The van der Waals surface area contributed by atoms with E-state index in [0.29, 0.717) is 12.8 Å². The quantitative estimate of drug-likeness (QED) is 0.680. The maximum Gasteiger partial charge on any atom is 0.130 e. The van der Waals surface area contributed by atoms with Crippen LogP contribution in [0.1, 0.15) is 53.9 Å². The van der Waals surface area contributed by atoms with Crippen molar-refractivity contribution in [2.45, 2.75) is 53.9 Å². The molecular weight excluding hydrogens is 176 g/mol. The van der Waals surface area contributed by atoms with Crippen LogP contribution in [0.5, 0.6) is 0 Å². The first kappa shape index (κ1) is 13.3. The second-order valence-electron chi connectivity index (χ2n) is 5.44. The molecule has 0 amide bonds. The summed E-state index contributed by atoms with van der Waals surface area (Å²) in [4.78, 5) is 22.0. The van der Waals surface area contributed by atoms with Crippen molar-refractivity contribution in [3.05, 3.63) is 0 Å². The van der Waals surface area contributed by atoms with Gasteiger partial charge in [0.1, 0.15) is 11.6 Å². The lowest BCUT2D eigenvalue weighted by Gasteiger charge is -2.24. The summed E-state index contributed by atoms with van der Waals surface area (Å²) in [5.41, 5.74) is 0.190. The molecule has 0 bridgehead atoms. The van der Waals surface area contributed by atoms with Gasteiger partial charge in [0.2, 0.25) is 0 Å².